The summed E-state index contributed by atoms with van der Waals surface area (Å²) in [5.74, 6) is -2.21. The molecule has 114 valence electrons. The van der Waals surface area contributed by atoms with Gasteiger partial charge in [-0.3, -0.25) is 4.79 Å². The van der Waals surface area contributed by atoms with Gasteiger partial charge in [-0.25, -0.2) is 19.2 Å². The molecule has 2 rings (SSSR count). The summed E-state index contributed by atoms with van der Waals surface area (Å²) in [5, 5.41) is 11.5. The number of rotatable bonds is 6. The van der Waals surface area contributed by atoms with Gasteiger partial charge in [0.25, 0.3) is 5.91 Å². The number of amides is 1. The zero-order valence-electron chi connectivity index (χ0n) is 11.6. The number of nitrogens with one attached hydrogen (secondary N) is 1. The maximum absolute atomic E-state index is 13.4. The molecule has 6 nitrogen and oxygen atoms in total. The molecule has 0 aliphatic carbocycles. The van der Waals surface area contributed by atoms with Crippen LogP contribution in [0.25, 0.3) is 0 Å². The van der Waals surface area contributed by atoms with E-state index in [-0.39, 0.29) is 18.1 Å². The Bertz CT molecular complexity index is 691. The smallest absolute Gasteiger partial charge is 0.356 e. The molecular formula is C15H14FN3O3. The lowest BCUT2D eigenvalue weighted by molar-refractivity contribution is 0.0683. The molecule has 0 saturated heterocycles. The minimum absolute atomic E-state index is 0.235. The third-order valence-electron chi connectivity index (χ3n) is 2.98. The van der Waals surface area contributed by atoms with Gasteiger partial charge in [-0.2, -0.15) is 0 Å². The Morgan fingerprint density at radius 3 is 2.50 bits per heavy atom. The molecule has 22 heavy (non-hydrogen) atoms. The van der Waals surface area contributed by atoms with Gasteiger partial charge in [-0.05, 0) is 24.5 Å². The Kier molecular flexibility index (Phi) is 5.13. The number of carboxylic acid groups (broad SMARTS) is 1. The van der Waals surface area contributed by atoms with Crippen LogP contribution >= 0.6 is 0 Å². The number of benzene rings is 1. The Morgan fingerprint density at radius 2 is 1.82 bits per heavy atom. The molecule has 0 radical (unpaired) electrons. The summed E-state index contributed by atoms with van der Waals surface area (Å²) in [7, 11) is 0. The first kappa shape index (κ1) is 15.6. The second-order valence-electron chi connectivity index (χ2n) is 4.51. The van der Waals surface area contributed by atoms with E-state index < -0.39 is 17.6 Å². The van der Waals surface area contributed by atoms with Crippen molar-refractivity contribution in [3.8, 4) is 0 Å². The number of hydrogen-bond acceptors (Lipinski definition) is 4. The van der Waals surface area contributed by atoms with E-state index in [1.54, 1.807) is 18.2 Å². The van der Waals surface area contributed by atoms with Gasteiger partial charge in [0.05, 0.1) is 0 Å². The van der Waals surface area contributed by atoms with Crippen molar-refractivity contribution in [2.45, 2.75) is 12.8 Å². The number of carbonyl (C=O) groups is 2. The summed E-state index contributed by atoms with van der Waals surface area (Å²) in [6.07, 6.45) is 3.45. The van der Waals surface area contributed by atoms with Crippen LogP contribution in [-0.4, -0.2) is 33.5 Å². The largest absolute Gasteiger partial charge is 0.476 e. The monoisotopic (exact) mass is 303 g/mol. The van der Waals surface area contributed by atoms with Gasteiger partial charge in [0.15, 0.2) is 11.4 Å². The number of nitrogens with zero attached hydrogens (tertiary/aromatic N) is 2. The van der Waals surface area contributed by atoms with Crippen LogP contribution in [0.15, 0.2) is 36.7 Å². The summed E-state index contributed by atoms with van der Waals surface area (Å²) >= 11 is 0. The minimum Gasteiger partial charge on any atom is -0.476 e. The first-order valence-electron chi connectivity index (χ1n) is 6.65. The fourth-order valence-electron chi connectivity index (χ4n) is 1.93. The third-order valence-corrected chi connectivity index (χ3v) is 2.98. The fourth-order valence-corrected chi connectivity index (χ4v) is 1.93. The van der Waals surface area contributed by atoms with Gasteiger partial charge in [0.2, 0.25) is 0 Å². The van der Waals surface area contributed by atoms with Crippen LogP contribution in [0, 0.1) is 5.82 Å². The third kappa shape index (κ3) is 3.85. The topological polar surface area (TPSA) is 92.2 Å². The molecule has 0 aliphatic heterocycles. The zero-order chi connectivity index (χ0) is 15.9. The zero-order valence-corrected chi connectivity index (χ0v) is 11.6. The number of halogens is 1. The first-order chi connectivity index (χ1) is 10.6. The highest BCUT2D eigenvalue weighted by Gasteiger charge is 2.18. The summed E-state index contributed by atoms with van der Waals surface area (Å²) < 4.78 is 13.4. The molecule has 1 amide bonds. The van der Waals surface area contributed by atoms with Gasteiger partial charge in [0.1, 0.15) is 5.82 Å². The van der Waals surface area contributed by atoms with Crippen LogP contribution in [0.1, 0.15) is 33.0 Å². The van der Waals surface area contributed by atoms with Crippen molar-refractivity contribution in [1.82, 2.24) is 15.3 Å². The molecule has 0 atom stereocenters. The fraction of sp³-hybridized carbons (Fsp3) is 0.200. The average Bonchev–Trinajstić information content (AvgIpc) is 2.52. The average molecular weight is 303 g/mol. The lowest BCUT2D eigenvalue weighted by atomic mass is 10.1. The molecule has 1 aromatic heterocycles. The molecule has 0 unspecified atom stereocenters. The molecule has 2 aromatic rings. The molecule has 0 fully saturated rings. The number of aromatic carboxylic acids is 1. The maximum Gasteiger partial charge on any atom is 0.356 e. The Morgan fingerprint density at radius 1 is 1.14 bits per heavy atom. The molecule has 0 aliphatic rings. The molecular weight excluding hydrogens is 289 g/mol. The summed E-state index contributed by atoms with van der Waals surface area (Å²) in [4.78, 5) is 30.2. The second kappa shape index (κ2) is 7.26. The van der Waals surface area contributed by atoms with Crippen LogP contribution in [0.4, 0.5) is 4.39 Å². The van der Waals surface area contributed by atoms with E-state index in [4.69, 9.17) is 5.11 Å². The van der Waals surface area contributed by atoms with E-state index >= 15 is 0 Å². The predicted octanol–water partition coefficient (Wildman–Crippen LogP) is 1.68. The van der Waals surface area contributed by atoms with Gasteiger partial charge < -0.3 is 10.4 Å². The number of aryl methyl sites for hydroxylation is 1. The standard InChI is InChI=1S/C15H14FN3O3/c16-11-6-2-1-4-10(11)5-3-7-19-14(20)12-13(15(21)22)18-9-8-17-12/h1-2,4,6,8-9H,3,5,7H2,(H,19,20)(H,21,22). The number of carboxylic acids is 1. The van der Waals surface area contributed by atoms with Gasteiger partial charge in [-0.15, -0.1) is 0 Å². The van der Waals surface area contributed by atoms with Crippen molar-refractivity contribution >= 4 is 11.9 Å². The summed E-state index contributed by atoms with van der Waals surface area (Å²) in [5.41, 5.74) is -0.0579. The van der Waals surface area contributed by atoms with E-state index in [9.17, 15) is 14.0 Å². The van der Waals surface area contributed by atoms with Gasteiger partial charge >= 0.3 is 5.97 Å². The molecule has 0 spiro atoms. The molecule has 1 aromatic carbocycles. The van der Waals surface area contributed by atoms with E-state index in [1.165, 1.54) is 18.5 Å². The van der Waals surface area contributed by atoms with Crippen molar-refractivity contribution < 1.29 is 19.1 Å². The predicted molar refractivity (Wildman–Crippen MR) is 76.0 cm³/mol. The molecule has 0 bridgehead atoms. The summed E-state index contributed by atoms with van der Waals surface area (Å²) in [6.45, 7) is 0.281. The normalized spacial score (nSPS) is 10.2. The van der Waals surface area contributed by atoms with Crippen molar-refractivity contribution in [1.29, 1.82) is 0 Å². The Balaban J connectivity index is 1.89. The van der Waals surface area contributed by atoms with Gasteiger partial charge in [0, 0.05) is 18.9 Å². The van der Waals surface area contributed by atoms with Crippen molar-refractivity contribution in [3.05, 3.63) is 59.4 Å². The van der Waals surface area contributed by atoms with Crippen molar-refractivity contribution in [2.75, 3.05) is 6.54 Å². The Hall–Kier alpha value is -2.83. The van der Waals surface area contributed by atoms with Crippen molar-refractivity contribution in [3.63, 3.8) is 0 Å². The van der Waals surface area contributed by atoms with E-state index in [0.717, 1.165) is 0 Å². The van der Waals surface area contributed by atoms with Crippen LogP contribution in [0.5, 0.6) is 0 Å². The quantitative estimate of drug-likeness (QED) is 0.792. The lowest BCUT2D eigenvalue weighted by Gasteiger charge is -2.06. The first-order valence-corrected chi connectivity index (χ1v) is 6.65. The van der Waals surface area contributed by atoms with Crippen LogP contribution in [0.2, 0.25) is 0 Å². The number of hydrogen-bond donors (Lipinski definition) is 2. The number of aromatic nitrogens is 2. The highest BCUT2D eigenvalue weighted by Crippen LogP contribution is 2.08. The second-order valence-corrected chi connectivity index (χ2v) is 4.51. The van der Waals surface area contributed by atoms with E-state index in [0.29, 0.717) is 18.4 Å². The van der Waals surface area contributed by atoms with Crippen LogP contribution in [0.3, 0.4) is 0 Å². The molecule has 2 N–H and O–H groups in total. The van der Waals surface area contributed by atoms with Crippen LogP contribution in [-0.2, 0) is 6.42 Å². The van der Waals surface area contributed by atoms with Gasteiger partial charge in [-0.1, -0.05) is 18.2 Å². The lowest BCUT2D eigenvalue weighted by Crippen LogP contribution is -2.28. The Labute approximate surface area is 126 Å². The number of carbonyl (C=O) groups excluding carboxylic acids is 1. The van der Waals surface area contributed by atoms with Crippen molar-refractivity contribution in [2.24, 2.45) is 0 Å². The van der Waals surface area contributed by atoms with E-state index in [1.807, 2.05) is 0 Å². The molecule has 1 heterocycles. The molecule has 0 saturated carbocycles. The SMILES string of the molecule is O=C(O)c1nccnc1C(=O)NCCCc1ccccc1F. The van der Waals surface area contributed by atoms with E-state index in [2.05, 4.69) is 15.3 Å². The van der Waals surface area contributed by atoms with Crippen LogP contribution < -0.4 is 5.32 Å². The molecule has 7 heteroatoms. The minimum atomic E-state index is -1.32. The maximum atomic E-state index is 13.4. The summed E-state index contributed by atoms with van der Waals surface area (Å²) in [6, 6.07) is 6.42. The highest BCUT2D eigenvalue weighted by atomic mass is 19.1. The highest BCUT2D eigenvalue weighted by molar-refractivity contribution is 6.01.